The summed E-state index contributed by atoms with van der Waals surface area (Å²) in [6.45, 7) is 1.03. The lowest BCUT2D eigenvalue weighted by Gasteiger charge is -2.17. The van der Waals surface area contributed by atoms with Crippen LogP contribution in [0, 0.1) is 0 Å². The quantitative estimate of drug-likeness (QED) is 0.857. The number of hydrogen-bond acceptors (Lipinski definition) is 3. The molecule has 2 heterocycles. The van der Waals surface area contributed by atoms with Crippen LogP contribution in [0.4, 0.5) is 0 Å². The van der Waals surface area contributed by atoms with Gasteiger partial charge in [0.2, 0.25) is 0 Å². The number of aliphatic hydroxyl groups excluding tert-OH is 1. The van der Waals surface area contributed by atoms with Crippen LogP contribution in [-0.2, 0) is 0 Å². The van der Waals surface area contributed by atoms with E-state index in [0.717, 1.165) is 23.0 Å². The minimum Gasteiger partial charge on any atom is -0.387 e. The predicted octanol–water partition coefficient (Wildman–Crippen LogP) is 2.30. The monoisotopic (exact) mass is 261 g/mol. The van der Waals surface area contributed by atoms with Gasteiger partial charge in [-0.05, 0) is 40.7 Å². The molecule has 72 valence electrons. The first-order valence-electron chi connectivity index (χ1n) is 4.42. The molecule has 2 atom stereocenters. The summed E-state index contributed by atoms with van der Waals surface area (Å²) in [7, 11) is 0. The number of aliphatic hydroxyl groups is 1. The van der Waals surface area contributed by atoms with E-state index >= 15 is 0 Å². The van der Waals surface area contributed by atoms with E-state index in [2.05, 4.69) is 21.2 Å². The molecule has 1 saturated heterocycles. The lowest BCUT2D eigenvalue weighted by molar-refractivity contribution is 0.137. The van der Waals surface area contributed by atoms with Crippen LogP contribution in [-0.4, -0.2) is 17.7 Å². The Morgan fingerprint density at radius 1 is 1.62 bits per heavy atom. The smallest absolute Gasteiger partial charge is 0.0961 e. The van der Waals surface area contributed by atoms with E-state index in [-0.39, 0.29) is 12.1 Å². The van der Waals surface area contributed by atoms with Gasteiger partial charge in [0.05, 0.1) is 6.10 Å². The molecule has 0 aliphatic carbocycles. The van der Waals surface area contributed by atoms with Crippen LogP contribution in [0.5, 0.6) is 0 Å². The van der Waals surface area contributed by atoms with Gasteiger partial charge >= 0.3 is 0 Å². The maximum absolute atomic E-state index is 10.0. The highest BCUT2D eigenvalue weighted by Crippen LogP contribution is 2.31. The van der Waals surface area contributed by atoms with E-state index in [1.54, 1.807) is 11.3 Å². The van der Waals surface area contributed by atoms with E-state index in [1.165, 1.54) is 6.42 Å². The Bertz CT molecular complexity index is 283. The molecule has 1 aliphatic heterocycles. The lowest BCUT2D eigenvalue weighted by atomic mass is 10.0. The number of halogens is 1. The second-order valence-electron chi connectivity index (χ2n) is 3.32. The molecule has 1 aliphatic rings. The summed E-state index contributed by atoms with van der Waals surface area (Å²) < 4.78 is 1.03. The summed E-state index contributed by atoms with van der Waals surface area (Å²) in [4.78, 5) is 0. The Kier molecular flexibility index (Phi) is 3.03. The van der Waals surface area contributed by atoms with Crippen molar-refractivity contribution in [3.63, 3.8) is 0 Å². The second kappa shape index (κ2) is 4.09. The molecule has 0 amide bonds. The third kappa shape index (κ3) is 1.96. The first kappa shape index (κ1) is 9.65. The standard InChI is InChI=1S/C9H12BrNOS/c10-7-5-13-4-6(7)9(12)8-2-1-3-11-8/h4-5,8-9,11-12H,1-3H2/t8-,9?/m1/s1. The first-order valence-corrected chi connectivity index (χ1v) is 6.15. The van der Waals surface area contributed by atoms with Crippen LogP contribution in [0.25, 0.3) is 0 Å². The molecule has 0 bridgehead atoms. The summed E-state index contributed by atoms with van der Waals surface area (Å²) in [5.41, 5.74) is 1.02. The van der Waals surface area contributed by atoms with Gasteiger partial charge in [-0.1, -0.05) is 0 Å². The molecule has 0 aromatic carbocycles. The van der Waals surface area contributed by atoms with Crippen LogP contribution in [0.2, 0.25) is 0 Å². The average molecular weight is 262 g/mol. The zero-order valence-electron chi connectivity index (χ0n) is 7.16. The lowest BCUT2D eigenvalue weighted by Crippen LogP contribution is -2.28. The topological polar surface area (TPSA) is 32.3 Å². The van der Waals surface area contributed by atoms with Crippen molar-refractivity contribution in [2.45, 2.75) is 25.0 Å². The molecule has 1 fully saturated rings. The van der Waals surface area contributed by atoms with E-state index in [4.69, 9.17) is 0 Å². The maximum atomic E-state index is 10.0. The van der Waals surface area contributed by atoms with Crippen molar-refractivity contribution in [1.29, 1.82) is 0 Å². The third-order valence-corrected chi connectivity index (χ3v) is 4.19. The van der Waals surface area contributed by atoms with Crippen LogP contribution in [0.15, 0.2) is 15.2 Å². The Morgan fingerprint density at radius 2 is 2.46 bits per heavy atom. The zero-order valence-corrected chi connectivity index (χ0v) is 9.57. The number of thiophene rings is 1. The fourth-order valence-electron chi connectivity index (χ4n) is 1.70. The molecular formula is C9H12BrNOS. The molecule has 2 rings (SSSR count). The minimum atomic E-state index is -0.358. The van der Waals surface area contributed by atoms with Crippen LogP contribution < -0.4 is 5.32 Å². The van der Waals surface area contributed by atoms with E-state index in [9.17, 15) is 5.11 Å². The van der Waals surface area contributed by atoms with Gasteiger partial charge in [0, 0.05) is 21.5 Å². The first-order chi connectivity index (χ1) is 6.29. The van der Waals surface area contributed by atoms with E-state index in [1.807, 2.05) is 10.8 Å². The SMILES string of the molecule is OC(c1cscc1Br)[C@H]1CCCN1. The van der Waals surface area contributed by atoms with Crippen molar-refractivity contribution in [2.75, 3.05) is 6.54 Å². The zero-order chi connectivity index (χ0) is 9.26. The minimum absolute atomic E-state index is 0.242. The van der Waals surface area contributed by atoms with Crippen LogP contribution in [0.1, 0.15) is 24.5 Å². The Hall–Kier alpha value is 0.1000. The van der Waals surface area contributed by atoms with Crippen LogP contribution >= 0.6 is 27.3 Å². The van der Waals surface area contributed by atoms with Gasteiger partial charge in [-0.2, -0.15) is 11.3 Å². The molecule has 0 spiro atoms. The van der Waals surface area contributed by atoms with Crippen molar-refractivity contribution < 1.29 is 5.11 Å². The second-order valence-corrected chi connectivity index (χ2v) is 4.92. The van der Waals surface area contributed by atoms with E-state index < -0.39 is 0 Å². The molecule has 1 aromatic rings. The van der Waals surface area contributed by atoms with Crippen molar-refractivity contribution in [2.24, 2.45) is 0 Å². The molecule has 1 unspecified atom stereocenters. The van der Waals surface area contributed by atoms with Crippen molar-refractivity contribution >= 4 is 27.3 Å². The Labute approximate surface area is 90.1 Å². The van der Waals surface area contributed by atoms with Crippen molar-refractivity contribution in [3.05, 3.63) is 20.8 Å². The van der Waals surface area contributed by atoms with Gasteiger partial charge in [-0.25, -0.2) is 0 Å². The highest BCUT2D eigenvalue weighted by atomic mass is 79.9. The normalized spacial score (nSPS) is 24.9. The summed E-state index contributed by atoms with van der Waals surface area (Å²) in [6.07, 6.45) is 1.88. The van der Waals surface area contributed by atoms with Crippen molar-refractivity contribution in [3.8, 4) is 0 Å². The number of rotatable bonds is 2. The van der Waals surface area contributed by atoms with Gasteiger partial charge < -0.3 is 10.4 Å². The van der Waals surface area contributed by atoms with Gasteiger partial charge in [-0.15, -0.1) is 0 Å². The van der Waals surface area contributed by atoms with Gasteiger partial charge in [0.1, 0.15) is 0 Å². The van der Waals surface area contributed by atoms with Crippen LogP contribution in [0.3, 0.4) is 0 Å². The highest BCUT2D eigenvalue weighted by Gasteiger charge is 2.25. The van der Waals surface area contributed by atoms with Gasteiger partial charge in [0.15, 0.2) is 0 Å². The number of nitrogens with one attached hydrogen (secondary N) is 1. The molecular weight excluding hydrogens is 250 g/mol. The summed E-state index contributed by atoms with van der Waals surface area (Å²) in [6, 6.07) is 0.242. The predicted molar refractivity (Wildman–Crippen MR) is 58.0 cm³/mol. The maximum Gasteiger partial charge on any atom is 0.0961 e. The average Bonchev–Trinajstić information content (AvgIpc) is 2.72. The third-order valence-electron chi connectivity index (χ3n) is 2.44. The molecule has 2 nitrogen and oxygen atoms in total. The fraction of sp³-hybridized carbons (Fsp3) is 0.556. The van der Waals surface area contributed by atoms with Gasteiger partial charge in [-0.3, -0.25) is 0 Å². The molecule has 2 N–H and O–H groups in total. The molecule has 4 heteroatoms. The number of hydrogen-bond donors (Lipinski definition) is 2. The molecule has 1 aromatic heterocycles. The van der Waals surface area contributed by atoms with Gasteiger partial charge in [0.25, 0.3) is 0 Å². The van der Waals surface area contributed by atoms with Crippen molar-refractivity contribution in [1.82, 2.24) is 5.32 Å². The van der Waals surface area contributed by atoms with E-state index in [0.29, 0.717) is 0 Å². The largest absolute Gasteiger partial charge is 0.387 e. The Morgan fingerprint density at radius 3 is 3.00 bits per heavy atom. The molecule has 13 heavy (non-hydrogen) atoms. The fourth-order valence-corrected chi connectivity index (χ4v) is 3.26. The summed E-state index contributed by atoms with van der Waals surface area (Å²) >= 11 is 5.06. The Balaban J connectivity index is 2.12. The highest BCUT2D eigenvalue weighted by molar-refractivity contribution is 9.10. The molecule has 0 radical (unpaired) electrons. The summed E-state index contributed by atoms with van der Waals surface area (Å²) in [5.74, 6) is 0. The molecule has 0 saturated carbocycles. The summed E-state index contributed by atoms with van der Waals surface area (Å²) in [5, 5.41) is 17.3.